The first-order chi connectivity index (χ1) is 22.8. The topological polar surface area (TPSA) is 0 Å². The molecular weight excluding hydrogens is 573 g/mol. The molecule has 0 nitrogen and oxygen atoms in total. The molecule has 46 heavy (non-hydrogen) atoms. The van der Waals surface area contributed by atoms with Gasteiger partial charge in [-0.3, -0.25) is 0 Å². The van der Waals surface area contributed by atoms with E-state index in [1.165, 1.54) is 98.1 Å². The van der Waals surface area contributed by atoms with E-state index >= 15 is 0 Å². The molecule has 8 aromatic carbocycles. The maximum atomic E-state index is 2.46. The summed E-state index contributed by atoms with van der Waals surface area (Å²) in [6.45, 7) is 0. The minimum absolute atomic E-state index is 0.424. The average molecular weight is 599 g/mol. The van der Waals surface area contributed by atoms with Crippen LogP contribution in [0.15, 0.2) is 168 Å². The van der Waals surface area contributed by atoms with Gasteiger partial charge in [-0.05, 0) is 101 Å². The van der Waals surface area contributed by atoms with E-state index in [2.05, 4.69) is 158 Å². The lowest BCUT2D eigenvalue weighted by atomic mass is 9.67. The lowest BCUT2D eigenvalue weighted by molar-refractivity contribution is 0.803. The molecule has 1 unspecified atom stereocenters. The Balaban J connectivity index is 1.27. The van der Waals surface area contributed by atoms with Crippen molar-refractivity contribution in [1.29, 1.82) is 0 Å². The summed E-state index contributed by atoms with van der Waals surface area (Å²) in [7, 11) is 0. The van der Waals surface area contributed by atoms with Crippen LogP contribution in [0.3, 0.4) is 0 Å². The quantitative estimate of drug-likeness (QED) is 0.181. The van der Waals surface area contributed by atoms with Crippen molar-refractivity contribution in [2.75, 3.05) is 0 Å². The second kappa shape index (κ2) is 8.88. The first-order valence-corrected chi connectivity index (χ1v) is 16.8. The fraction of sp³-hybridized carbons (Fsp3) is 0.0222. The van der Waals surface area contributed by atoms with Crippen LogP contribution in [-0.4, -0.2) is 0 Å². The van der Waals surface area contributed by atoms with Crippen molar-refractivity contribution in [2.45, 2.75) is 15.2 Å². The summed E-state index contributed by atoms with van der Waals surface area (Å²) >= 11 is 1.90. The highest BCUT2D eigenvalue weighted by Crippen LogP contribution is 2.65. The van der Waals surface area contributed by atoms with Crippen LogP contribution in [-0.2, 0) is 5.41 Å². The molecule has 1 heterocycles. The highest BCUT2D eigenvalue weighted by molar-refractivity contribution is 7.99. The van der Waals surface area contributed by atoms with Crippen LogP contribution >= 0.6 is 11.8 Å². The maximum absolute atomic E-state index is 2.46. The summed E-state index contributed by atoms with van der Waals surface area (Å²) in [6, 6.07) is 59.5. The Labute approximate surface area is 272 Å². The molecule has 1 heteroatoms. The zero-order chi connectivity index (χ0) is 30.0. The molecule has 0 radical (unpaired) electrons. The molecule has 1 aliphatic heterocycles. The van der Waals surface area contributed by atoms with E-state index in [9.17, 15) is 0 Å². The third-order valence-electron chi connectivity index (χ3n) is 10.7. The number of rotatable bonds is 1. The number of hydrogen-bond acceptors (Lipinski definition) is 1. The van der Waals surface area contributed by atoms with Gasteiger partial charge in [-0.15, -0.1) is 0 Å². The van der Waals surface area contributed by atoms with E-state index in [0.29, 0.717) is 0 Å². The molecule has 0 amide bonds. The van der Waals surface area contributed by atoms with Gasteiger partial charge in [0.1, 0.15) is 0 Å². The van der Waals surface area contributed by atoms with Crippen molar-refractivity contribution in [3.05, 3.63) is 180 Å². The summed E-state index contributed by atoms with van der Waals surface area (Å²) in [6.07, 6.45) is 0. The van der Waals surface area contributed by atoms with Gasteiger partial charge in [0.05, 0.1) is 5.41 Å². The van der Waals surface area contributed by atoms with E-state index < -0.39 is 5.41 Å². The minimum Gasteiger partial charge on any atom is -0.0888 e. The van der Waals surface area contributed by atoms with Gasteiger partial charge in [0.2, 0.25) is 0 Å². The fourth-order valence-electron chi connectivity index (χ4n) is 8.95. The summed E-state index contributed by atoms with van der Waals surface area (Å²) in [5, 5.41) is 5.29. The van der Waals surface area contributed by atoms with E-state index in [0.717, 1.165) is 0 Å². The number of benzene rings is 8. The number of hydrogen-bond donors (Lipinski definition) is 0. The standard InChI is InChI=1S/C45H26S/c1-2-13-30-27(10-1)22-24-36-33-15-4-6-20-39(33)45(43(30)36)38-19-5-3-14-32(38)35-18-9-16-31(44(35)45)29-23-25-40-37(26-29)34-17-7-11-28-12-8-21-41(46-40)42(28)34/h1-26H. The minimum atomic E-state index is -0.424. The molecule has 0 bridgehead atoms. The van der Waals surface area contributed by atoms with E-state index in [1.807, 2.05) is 11.8 Å². The molecule has 0 aromatic heterocycles. The highest BCUT2D eigenvalue weighted by Gasteiger charge is 2.53. The zero-order valence-corrected chi connectivity index (χ0v) is 25.7. The third kappa shape index (κ3) is 2.97. The van der Waals surface area contributed by atoms with Gasteiger partial charge in [0, 0.05) is 15.2 Å². The Kier molecular flexibility index (Phi) is 4.80. The molecular formula is C45H26S. The van der Waals surface area contributed by atoms with Crippen molar-refractivity contribution >= 4 is 33.3 Å². The lowest BCUT2D eigenvalue weighted by Gasteiger charge is -2.33. The molecule has 3 aliphatic rings. The summed E-state index contributed by atoms with van der Waals surface area (Å²) in [5.41, 5.74) is 15.7. The molecule has 1 atom stereocenters. The molecule has 1 spiro atoms. The molecule has 0 saturated carbocycles. The van der Waals surface area contributed by atoms with Crippen molar-refractivity contribution < 1.29 is 0 Å². The predicted molar refractivity (Wildman–Crippen MR) is 193 cm³/mol. The van der Waals surface area contributed by atoms with E-state index in [4.69, 9.17) is 0 Å². The first-order valence-electron chi connectivity index (χ1n) is 16.0. The van der Waals surface area contributed by atoms with Gasteiger partial charge < -0.3 is 0 Å². The summed E-state index contributed by atoms with van der Waals surface area (Å²) in [4.78, 5) is 2.66. The molecule has 0 N–H and O–H groups in total. The van der Waals surface area contributed by atoms with Gasteiger partial charge in [0.15, 0.2) is 0 Å². The van der Waals surface area contributed by atoms with Crippen LogP contribution in [0.5, 0.6) is 0 Å². The van der Waals surface area contributed by atoms with Crippen LogP contribution in [0.4, 0.5) is 0 Å². The zero-order valence-electron chi connectivity index (χ0n) is 24.9. The second-order valence-corrected chi connectivity index (χ2v) is 13.8. The van der Waals surface area contributed by atoms with Crippen LogP contribution < -0.4 is 0 Å². The Bertz CT molecular complexity index is 2610. The molecule has 0 saturated heterocycles. The Morgan fingerprint density at radius 1 is 0.370 bits per heavy atom. The van der Waals surface area contributed by atoms with Crippen LogP contribution in [0.1, 0.15) is 22.3 Å². The van der Waals surface area contributed by atoms with E-state index in [-0.39, 0.29) is 0 Å². The first kappa shape index (κ1) is 24.9. The molecule has 8 aromatic rings. The SMILES string of the molecule is c1ccc2c(c1)-c1cccc(-c3ccc4c(c3)-c3cccc5cccc(c35)S4)c1C21c2ccccc2-c2ccc3ccccc3c21. The van der Waals surface area contributed by atoms with Gasteiger partial charge in [-0.25, -0.2) is 0 Å². The lowest BCUT2D eigenvalue weighted by Crippen LogP contribution is -2.27. The Morgan fingerprint density at radius 3 is 1.85 bits per heavy atom. The second-order valence-electron chi connectivity index (χ2n) is 12.8. The maximum Gasteiger partial charge on any atom is 0.0737 e. The van der Waals surface area contributed by atoms with Gasteiger partial charge in [-0.2, -0.15) is 0 Å². The number of fused-ring (bicyclic) bond motifs is 14. The molecule has 11 rings (SSSR count). The van der Waals surface area contributed by atoms with Crippen LogP contribution in [0, 0.1) is 0 Å². The normalized spacial score (nSPS) is 16.3. The molecule has 0 fully saturated rings. The van der Waals surface area contributed by atoms with Crippen molar-refractivity contribution in [3.63, 3.8) is 0 Å². The molecule has 2 aliphatic carbocycles. The van der Waals surface area contributed by atoms with Crippen LogP contribution in [0.25, 0.3) is 66.1 Å². The smallest absolute Gasteiger partial charge is 0.0737 e. The van der Waals surface area contributed by atoms with Gasteiger partial charge in [-0.1, -0.05) is 151 Å². The van der Waals surface area contributed by atoms with Gasteiger partial charge >= 0.3 is 0 Å². The predicted octanol–water partition coefficient (Wildman–Crippen LogP) is 12.1. The summed E-state index contributed by atoms with van der Waals surface area (Å²) in [5.74, 6) is 0. The van der Waals surface area contributed by atoms with Crippen molar-refractivity contribution in [2.24, 2.45) is 0 Å². The van der Waals surface area contributed by atoms with Crippen molar-refractivity contribution in [1.82, 2.24) is 0 Å². The Hall–Kier alpha value is -5.37. The fourth-order valence-corrected chi connectivity index (χ4v) is 10.1. The largest absolute Gasteiger partial charge is 0.0888 e. The monoisotopic (exact) mass is 598 g/mol. The third-order valence-corrected chi connectivity index (χ3v) is 11.8. The van der Waals surface area contributed by atoms with Gasteiger partial charge in [0.25, 0.3) is 0 Å². The average Bonchev–Trinajstić information content (AvgIpc) is 3.59. The van der Waals surface area contributed by atoms with Crippen molar-refractivity contribution in [3.8, 4) is 44.5 Å². The highest BCUT2D eigenvalue weighted by atomic mass is 32.2. The Morgan fingerprint density at radius 2 is 1.00 bits per heavy atom. The van der Waals surface area contributed by atoms with E-state index in [1.54, 1.807) is 0 Å². The summed E-state index contributed by atoms with van der Waals surface area (Å²) < 4.78 is 0. The molecule has 212 valence electrons. The van der Waals surface area contributed by atoms with Crippen LogP contribution in [0.2, 0.25) is 0 Å².